The fourth-order valence-corrected chi connectivity index (χ4v) is 3.78. The van der Waals surface area contributed by atoms with Crippen LogP contribution in [0, 0.1) is 0 Å². The zero-order valence-corrected chi connectivity index (χ0v) is 16.1. The molecule has 1 unspecified atom stereocenters. The van der Waals surface area contributed by atoms with Gasteiger partial charge in [0.05, 0.1) is 11.6 Å². The highest BCUT2D eigenvalue weighted by Gasteiger charge is 2.52. The van der Waals surface area contributed by atoms with E-state index in [4.69, 9.17) is 17.3 Å². The maximum atomic E-state index is 13.3. The van der Waals surface area contributed by atoms with Gasteiger partial charge < -0.3 is 16.0 Å². The number of benzene rings is 1. The number of rotatable bonds is 3. The number of hydrogen-bond acceptors (Lipinski definition) is 3. The van der Waals surface area contributed by atoms with E-state index < -0.39 is 35.3 Å². The molecule has 2 aromatic rings. The van der Waals surface area contributed by atoms with Gasteiger partial charge in [0.25, 0.3) is 0 Å². The molecular weight excluding hydrogens is 409 g/mol. The van der Waals surface area contributed by atoms with Crippen LogP contribution in [0.4, 0.5) is 18.0 Å². The van der Waals surface area contributed by atoms with Crippen molar-refractivity contribution in [2.24, 2.45) is 5.73 Å². The Kier molecular flexibility index (Phi) is 5.44. The molecule has 0 spiro atoms. The number of amides is 3. The summed E-state index contributed by atoms with van der Waals surface area (Å²) in [7, 11) is 0. The monoisotopic (exact) mass is 426 g/mol. The van der Waals surface area contributed by atoms with Gasteiger partial charge in [-0.25, -0.2) is 9.78 Å². The molecule has 1 aliphatic heterocycles. The highest BCUT2D eigenvalue weighted by Crippen LogP contribution is 2.41. The smallest absolute Gasteiger partial charge is 0.352 e. The average Bonchev–Trinajstić information content (AvgIpc) is 2.65. The SMILES string of the molecule is CC1([C@@H](c2ccc(Cl)cc2)c2cccc(C(F)(F)F)n2)C(=O)NCCN1C(N)=O. The number of hydrogen-bond donors (Lipinski definition) is 2. The number of nitrogens with zero attached hydrogens (tertiary/aromatic N) is 2. The first-order valence-electron chi connectivity index (χ1n) is 8.70. The van der Waals surface area contributed by atoms with E-state index in [0.29, 0.717) is 10.6 Å². The van der Waals surface area contributed by atoms with Gasteiger partial charge in [-0.2, -0.15) is 13.2 Å². The van der Waals surface area contributed by atoms with Crippen molar-refractivity contribution in [3.8, 4) is 0 Å². The predicted octanol–water partition coefficient (Wildman–Crippen LogP) is 3.15. The maximum absolute atomic E-state index is 13.3. The third kappa shape index (κ3) is 3.87. The number of alkyl halides is 3. The molecule has 1 aromatic carbocycles. The van der Waals surface area contributed by atoms with E-state index >= 15 is 0 Å². The van der Waals surface area contributed by atoms with E-state index in [1.54, 1.807) is 24.3 Å². The molecule has 1 saturated heterocycles. The summed E-state index contributed by atoms with van der Waals surface area (Å²) in [6.07, 6.45) is -4.67. The molecular formula is C19H18ClF3N4O2. The number of carbonyl (C=O) groups is 2. The second-order valence-corrected chi connectivity index (χ2v) is 7.26. The van der Waals surface area contributed by atoms with Gasteiger partial charge in [-0.3, -0.25) is 4.79 Å². The Hall–Kier alpha value is -2.81. The van der Waals surface area contributed by atoms with Crippen LogP contribution in [0.2, 0.25) is 5.02 Å². The second kappa shape index (κ2) is 7.55. The number of pyridine rings is 1. The number of halogens is 4. The Labute approximate surface area is 169 Å². The van der Waals surface area contributed by atoms with Crippen molar-refractivity contribution in [3.05, 3.63) is 64.4 Å². The molecule has 154 valence electrons. The first-order chi connectivity index (χ1) is 13.5. The largest absolute Gasteiger partial charge is 0.433 e. The van der Waals surface area contributed by atoms with Crippen LogP contribution < -0.4 is 11.1 Å². The van der Waals surface area contributed by atoms with Gasteiger partial charge in [0.1, 0.15) is 11.2 Å². The van der Waals surface area contributed by atoms with Crippen molar-refractivity contribution in [3.63, 3.8) is 0 Å². The third-order valence-electron chi connectivity index (χ3n) is 5.03. The molecule has 3 rings (SSSR count). The third-order valence-corrected chi connectivity index (χ3v) is 5.28. The van der Waals surface area contributed by atoms with Crippen molar-refractivity contribution in [1.29, 1.82) is 0 Å². The fraction of sp³-hybridized carbons (Fsp3) is 0.316. The lowest BCUT2D eigenvalue weighted by atomic mass is 9.75. The number of nitrogens with two attached hydrogens (primary N) is 1. The van der Waals surface area contributed by atoms with Gasteiger partial charge in [-0.05, 0) is 36.8 Å². The summed E-state index contributed by atoms with van der Waals surface area (Å²) in [4.78, 5) is 30.0. The summed E-state index contributed by atoms with van der Waals surface area (Å²) in [5.74, 6) is -1.56. The van der Waals surface area contributed by atoms with Crippen molar-refractivity contribution < 1.29 is 22.8 Å². The molecule has 0 radical (unpaired) electrons. The molecule has 1 aromatic heterocycles. The molecule has 1 aliphatic rings. The van der Waals surface area contributed by atoms with E-state index in [1.165, 1.54) is 19.1 Å². The number of aromatic nitrogens is 1. The number of urea groups is 1. The molecule has 29 heavy (non-hydrogen) atoms. The van der Waals surface area contributed by atoms with Crippen LogP contribution in [0.3, 0.4) is 0 Å². The predicted molar refractivity (Wildman–Crippen MR) is 100 cm³/mol. The Morgan fingerprint density at radius 2 is 1.93 bits per heavy atom. The zero-order chi connectivity index (χ0) is 21.4. The van der Waals surface area contributed by atoms with Crippen LogP contribution in [0.15, 0.2) is 42.5 Å². The summed E-state index contributed by atoms with van der Waals surface area (Å²) in [5, 5.41) is 3.08. The molecule has 10 heteroatoms. The molecule has 0 bridgehead atoms. The molecule has 3 N–H and O–H groups in total. The topological polar surface area (TPSA) is 88.3 Å². The second-order valence-electron chi connectivity index (χ2n) is 6.82. The van der Waals surface area contributed by atoms with Crippen molar-refractivity contribution in [2.45, 2.75) is 24.6 Å². The molecule has 2 atom stereocenters. The first-order valence-corrected chi connectivity index (χ1v) is 9.08. The van der Waals surface area contributed by atoms with E-state index in [9.17, 15) is 22.8 Å². The summed E-state index contributed by atoms with van der Waals surface area (Å²) in [6.45, 7) is 1.76. The van der Waals surface area contributed by atoms with Crippen LogP contribution in [-0.2, 0) is 11.0 Å². The van der Waals surface area contributed by atoms with Gasteiger partial charge in [0, 0.05) is 18.1 Å². The van der Waals surface area contributed by atoms with Crippen LogP contribution in [0.5, 0.6) is 0 Å². The summed E-state index contributed by atoms with van der Waals surface area (Å²) in [5.41, 5.74) is 3.25. The van der Waals surface area contributed by atoms with Crippen LogP contribution in [-0.4, -0.2) is 40.5 Å². The van der Waals surface area contributed by atoms with Gasteiger partial charge >= 0.3 is 12.2 Å². The fourth-order valence-electron chi connectivity index (χ4n) is 3.65. The lowest BCUT2D eigenvalue weighted by Gasteiger charge is -2.47. The van der Waals surface area contributed by atoms with Crippen LogP contribution >= 0.6 is 11.6 Å². The minimum Gasteiger partial charge on any atom is -0.352 e. The standard InChI is InChI=1S/C19H18ClF3N4O2/c1-18(16(28)25-9-10-27(18)17(24)29)15(11-5-7-12(20)8-6-11)13-3-2-4-14(26-13)19(21,22)23/h2-8,15H,9-10H2,1H3,(H2,24,29)(H,25,28)/t15-,18?/m0/s1. The van der Waals surface area contributed by atoms with Gasteiger partial charge in [0.2, 0.25) is 5.91 Å². The summed E-state index contributed by atoms with van der Waals surface area (Å²) in [6, 6.07) is 8.87. The van der Waals surface area contributed by atoms with E-state index in [0.717, 1.165) is 11.0 Å². The summed E-state index contributed by atoms with van der Waals surface area (Å²) < 4.78 is 39.8. The van der Waals surface area contributed by atoms with Crippen molar-refractivity contribution >= 4 is 23.5 Å². The lowest BCUT2D eigenvalue weighted by molar-refractivity contribution is -0.141. The maximum Gasteiger partial charge on any atom is 0.433 e. The Morgan fingerprint density at radius 3 is 2.52 bits per heavy atom. The number of piperazine rings is 1. The van der Waals surface area contributed by atoms with Gasteiger partial charge in [0.15, 0.2) is 0 Å². The van der Waals surface area contributed by atoms with Crippen molar-refractivity contribution in [2.75, 3.05) is 13.1 Å². The van der Waals surface area contributed by atoms with Gasteiger partial charge in [-0.1, -0.05) is 29.8 Å². The minimum absolute atomic E-state index is 0.0204. The van der Waals surface area contributed by atoms with E-state index in [-0.39, 0.29) is 18.8 Å². The Bertz CT molecular complexity index is 936. The molecule has 2 heterocycles. The lowest BCUT2D eigenvalue weighted by Crippen LogP contribution is -2.68. The summed E-state index contributed by atoms with van der Waals surface area (Å²) >= 11 is 5.95. The van der Waals surface area contributed by atoms with Crippen LogP contribution in [0.1, 0.15) is 29.8 Å². The first kappa shape index (κ1) is 20.9. The van der Waals surface area contributed by atoms with Crippen LogP contribution in [0.25, 0.3) is 0 Å². The highest BCUT2D eigenvalue weighted by atomic mass is 35.5. The quantitative estimate of drug-likeness (QED) is 0.790. The highest BCUT2D eigenvalue weighted by molar-refractivity contribution is 6.30. The number of primary amides is 1. The normalized spacial score (nSPS) is 20.9. The minimum atomic E-state index is -4.67. The van der Waals surface area contributed by atoms with E-state index in [1.807, 2.05) is 0 Å². The average molecular weight is 427 g/mol. The molecule has 1 fully saturated rings. The molecule has 3 amide bonds. The van der Waals surface area contributed by atoms with E-state index in [2.05, 4.69) is 10.3 Å². The Balaban J connectivity index is 2.25. The van der Waals surface area contributed by atoms with Gasteiger partial charge in [-0.15, -0.1) is 0 Å². The molecule has 6 nitrogen and oxygen atoms in total. The Morgan fingerprint density at radius 1 is 1.28 bits per heavy atom. The number of nitrogens with one attached hydrogen (secondary N) is 1. The molecule has 0 aliphatic carbocycles. The zero-order valence-electron chi connectivity index (χ0n) is 15.3. The van der Waals surface area contributed by atoms with Crippen molar-refractivity contribution in [1.82, 2.24) is 15.2 Å². The molecule has 0 saturated carbocycles. The number of carbonyl (C=O) groups excluding carboxylic acids is 2.